The molecule has 1 aromatic heterocycles. The molecule has 2 aromatic carbocycles. The molecule has 1 amide bonds. The van der Waals surface area contributed by atoms with Crippen LogP contribution in [-0.4, -0.2) is 21.0 Å². The summed E-state index contributed by atoms with van der Waals surface area (Å²) in [5.74, 6) is -0.106. The lowest BCUT2D eigenvalue weighted by Crippen LogP contribution is -2.13. The van der Waals surface area contributed by atoms with E-state index in [-0.39, 0.29) is 35.4 Å². The van der Waals surface area contributed by atoms with Crippen molar-refractivity contribution in [1.29, 1.82) is 0 Å². The molecule has 0 bridgehead atoms. The van der Waals surface area contributed by atoms with Crippen molar-refractivity contribution in [3.05, 3.63) is 69.1 Å². The van der Waals surface area contributed by atoms with Gasteiger partial charge >= 0.3 is 0 Å². The summed E-state index contributed by atoms with van der Waals surface area (Å²) in [6.45, 7) is -0.0953. The minimum atomic E-state index is -0.681. The van der Waals surface area contributed by atoms with E-state index < -0.39 is 10.8 Å². The lowest BCUT2D eigenvalue weighted by molar-refractivity contribution is -0.384. The van der Waals surface area contributed by atoms with Gasteiger partial charge in [0.15, 0.2) is 6.61 Å². The third-order valence-corrected chi connectivity index (χ3v) is 3.59. The molecular formula is C16H11ClN4O5. The van der Waals surface area contributed by atoms with E-state index in [1.165, 1.54) is 36.4 Å². The molecular weight excluding hydrogens is 364 g/mol. The Kier molecular flexibility index (Phi) is 4.81. The Morgan fingerprint density at radius 1 is 1.23 bits per heavy atom. The fourth-order valence-electron chi connectivity index (χ4n) is 2.11. The highest BCUT2D eigenvalue weighted by Crippen LogP contribution is 2.25. The minimum Gasteiger partial charge on any atom is -0.483 e. The van der Waals surface area contributed by atoms with E-state index in [9.17, 15) is 14.9 Å². The molecule has 0 unspecified atom stereocenters. The lowest BCUT2D eigenvalue weighted by atomic mass is 10.2. The Hall–Kier alpha value is -3.46. The summed E-state index contributed by atoms with van der Waals surface area (Å²) in [6, 6.07) is 10.1. The van der Waals surface area contributed by atoms with Crippen molar-refractivity contribution in [2.75, 3.05) is 0 Å². The molecule has 26 heavy (non-hydrogen) atoms. The quantitative estimate of drug-likeness (QED) is 0.517. The molecule has 0 saturated heterocycles. The highest BCUT2D eigenvalue weighted by molar-refractivity contribution is 6.31. The van der Waals surface area contributed by atoms with Crippen molar-refractivity contribution in [1.82, 2.24) is 10.2 Å². The van der Waals surface area contributed by atoms with Crippen LogP contribution in [0.15, 0.2) is 46.9 Å². The highest BCUT2D eigenvalue weighted by atomic mass is 35.5. The zero-order valence-corrected chi connectivity index (χ0v) is 13.8. The molecule has 2 N–H and O–H groups in total. The van der Waals surface area contributed by atoms with Crippen LogP contribution in [0.2, 0.25) is 5.02 Å². The van der Waals surface area contributed by atoms with Gasteiger partial charge in [-0.2, -0.15) is 0 Å². The van der Waals surface area contributed by atoms with E-state index in [2.05, 4.69) is 10.2 Å². The third kappa shape index (κ3) is 3.78. The average molecular weight is 375 g/mol. The number of ether oxygens (including phenoxy) is 1. The number of nitro benzene ring substituents is 1. The van der Waals surface area contributed by atoms with Crippen LogP contribution in [0.4, 0.5) is 5.69 Å². The van der Waals surface area contributed by atoms with Crippen LogP contribution >= 0.6 is 11.6 Å². The fourth-order valence-corrected chi connectivity index (χ4v) is 2.29. The Morgan fingerprint density at radius 3 is 2.62 bits per heavy atom. The normalized spacial score (nSPS) is 10.5. The minimum absolute atomic E-state index is 0.0430. The number of nitro groups is 1. The number of halogens is 1. The maximum Gasteiger partial charge on any atom is 0.269 e. The third-order valence-electron chi connectivity index (χ3n) is 3.35. The molecule has 0 radical (unpaired) electrons. The Morgan fingerprint density at radius 2 is 1.96 bits per heavy atom. The average Bonchev–Trinajstić information content (AvgIpc) is 3.09. The van der Waals surface area contributed by atoms with Crippen molar-refractivity contribution in [3.8, 4) is 17.2 Å². The van der Waals surface area contributed by atoms with Crippen LogP contribution in [0.1, 0.15) is 16.2 Å². The van der Waals surface area contributed by atoms with E-state index in [4.69, 9.17) is 26.5 Å². The number of hydrogen-bond acceptors (Lipinski definition) is 7. The Labute approximate surface area is 151 Å². The van der Waals surface area contributed by atoms with Crippen molar-refractivity contribution in [2.45, 2.75) is 6.61 Å². The van der Waals surface area contributed by atoms with Crippen molar-refractivity contribution in [3.63, 3.8) is 0 Å². The second-order valence-electron chi connectivity index (χ2n) is 5.10. The largest absolute Gasteiger partial charge is 0.483 e. The number of carbonyl (C=O) groups excluding carboxylic acids is 1. The number of carbonyl (C=O) groups is 1. The zero-order chi connectivity index (χ0) is 18.7. The maximum absolute atomic E-state index is 11.4. The summed E-state index contributed by atoms with van der Waals surface area (Å²) in [5.41, 5.74) is 5.90. The summed E-state index contributed by atoms with van der Waals surface area (Å²) < 4.78 is 11.0. The van der Waals surface area contributed by atoms with Crippen LogP contribution in [0, 0.1) is 10.1 Å². The number of amides is 1. The number of primary amides is 1. The van der Waals surface area contributed by atoms with Gasteiger partial charge in [-0.15, -0.1) is 10.2 Å². The number of rotatable bonds is 6. The topological polar surface area (TPSA) is 134 Å². The Bertz CT molecular complexity index is 971. The van der Waals surface area contributed by atoms with E-state index in [0.717, 1.165) is 0 Å². The molecule has 132 valence electrons. The van der Waals surface area contributed by atoms with Gasteiger partial charge in [0.1, 0.15) is 5.75 Å². The second-order valence-corrected chi connectivity index (χ2v) is 5.53. The number of non-ortho nitro benzene ring substituents is 1. The first-order valence-corrected chi connectivity index (χ1v) is 7.61. The standard InChI is InChI=1S/C16H11ClN4O5/c17-10-3-6-13(12(7-10)15(18)22)25-8-14-19-20-16(26-14)9-1-4-11(5-2-9)21(23)24/h1-7H,8H2,(H2,18,22). The van der Waals surface area contributed by atoms with Crippen LogP contribution in [0.25, 0.3) is 11.5 Å². The van der Waals surface area contributed by atoms with Crippen molar-refractivity contribution >= 4 is 23.2 Å². The van der Waals surface area contributed by atoms with Crippen LogP contribution < -0.4 is 10.5 Å². The molecule has 0 spiro atoms. The SMILES string of the molecule is NC(=O)c1cc(Cl)ccc1OCc1nnc(-c2ccc([N+](=O)[O-])cc2)o1. The molecule has 1 heterocycles. The fraction of sp³-hybridized carbons (Fsp3) is 0.0625. The van der Waals surface area contributed by atoms with Crippen LogP contribution in [-0.2, 0) is 6.61 Å². The molecule has 0 aliphatic carbocycles. The first-order chi connectivity index (χ1) is 12.4. The predicted octanol–water partition coefficient (Wildman–Crippen LogP) is 2.98. The number of nitrogens with two attached hydrogens (primary N) is 1. The van der Waals surface area contributed by atoms with E-state index in [1.807, 2.05) is 0 Å². The Balaban J connectivity index is 1.73. The number of hydrogen-bond donors (Lipinski definition) is 1. The molecule has 3 rings (SSSR count). The first-order valence-electron chi connectivity index (χ1n) is 7.23. The molecule has 0 aliphatic rings. The summed E-state index contributed by atoms with van der Waals surface area (Å²) in [5, 5.41) is 18.7. The van der Waals surface area contributed by atoms with Crippen molar-refractivity contribution in [2.24, 2.45) is 5.73 Å². The van der Waals surface area contributed by atoms with Gasteiger partial charge in [-0.25, -0.2) is 0 Å². The predicted molar refractivity (Wildman–Crippen MR) is 90.7 cm³/mol. The number of nitrogens with zero attached hydrogens (tertiary/aromatic N) is 3. The van der Waals surface area contributed by atoms with E-state index >= 15 is 0 Å². The lowest BCUT2D eigenvalue weighted by Gasteiger charge is -2.07. The van der Waals surface area contributed by atoms with E-state index in [1.54, 1.807) is 6.07 Å². The monoisotopic (exact) mass is 374 g/mol. The van der Waals surface area contributed by atoms with Crippen molar-refractivity contribution < 1.29 is 18.9 Å². The van der Waals surface area contributed by atoms with Gasteiger partial charge in [0.25, 0.3) is 17.5 Å². The zero-order valence-electron chi connectivity index (χ0n) is 13.1. The number of benzene rings is 2. The van der Waals surface area contributed by atoms with Gasteiger partial charge in [0.05, 0.1) is 10.5 Å². The van der Waals surface area contributed by atoms with E-state index in [0.29, 0.717) is 10.6 Å². The molecule has 0 atom stereocenters. The van der Waals surface area contributed by atoms with Gasteiger partial charge in [0.2, 0.25) is 5.89 Å². The van der Waals surface area contributed by atoms with Crippen LogP contribution in [0.5, 0.6) is 5.75 Å². The molecule has 3 aromatic rings. The van der Waals surface area contributed by atoms with Gasteiger partial charge in [-0.1, -0.05) is 11.6 Å². The summed E-state index contributed by atoms with van der Waals surface area (Å²) in [4.78, 5) is 21.6. The summed E-state index contributed by atoms with van der Waals surface area (Å²) in [7, 11) is 0. The number of aromatic nitrogens is 2. The van der Waals surface area contributed by atoms with Gasteiger partial charge in [-0.3, -0.25) is 14.9 Å². The molecule has 0 saturated carbocycles. The first kappa shape index (κ1) is 17.4. The summed E-state index contributed by atoms with van der Waals surface area (Å²) >= 11 is 5.83. The molecule has 0 fully saturated rings. The highest BCUT2D eigenvalue weighted by Gasteiger charge is 2.14. The molecule has 0 aliphatic heterocycles. The molecule has 9 nitrogen and oxygen atoms in total. The smallest absolute Gasteiger partial charge is 0.269 e. The maximum atomic E-state index is 11.4. The van der Waals surface area contributed by atoms with Crippen LogP contribution in [0.3, 0.4) is 0 Å². The van der Waals surface area contributed by atoms with Gasteiger partial charge in [0, 0.05) is 22.7 Å². The molecule has 10 heteroatoms. The summed E-state index contributed by atoms with van der Waals surface area (Å²) in [6.07, 6.45) is 0. The van der Waals surface area contributed by atoms with Gasteiger partial charge in [-0.05, 0) is 30.3 Å². The second kappa shape index (κ2) is 7.19. The van der Waals surface area contributed by atoms with Gasteiger partial charge < -0.3 is 14.9 Å².